The number of ketones is 3. The first-order chi connectivity index (χ1) is 23.7. The van der Waals surface area contributed by atoms with E-state index in [1.807, 2.05) is 0 Å². The van der Waals surface area contributed by atoms with Crippen molar-refractivity contribution in [1.29, 1.82) is 0 Å². The van der Waals surface area contributed by atoms with E-state index < -0.39 is 105 Å². The topological polar surface area (TPSA) is 215 Å². The number of nitrogens with one attached hydrogen (secondary N) is 1. The predicted octanol–water partition coefficient (Wildman–Crippen LogP) is 2.75. The van der Waals surface area contributed by atoms with E-state index in [1.165, 1.54) is 73.0 Å². The zero-order chi connectivity index (χ0) is 38.3. The summed E-state index contributed by atoms with van der Waals surface area (Å²) in [6.07, 6.45) is 2.56. The highest BCUT2D eigenvalue weighted by Crippen LogP contribution is 2.48. The third-order valence-electron chi connectivity index (χ3n) is 9.84. The molecule has 1 aliphatic carbocycles. The van der Waals surface area contributed by atoms with E-state index >= 15 is 0 Å². The molecule has 0 spiro atoms. The van der Waals surface area contributed by atoms with Crippen LogP contribution >= 0.6 is 0 Å². The summed E-state index contributed by atoms with van der Waals surface area (Å²) < 4.78 is 23.0. The van der Waals surface area contributed by atoms with E-state index in [-0.39, 0.29) is 22.4 Å². The number of aliphatic hydroxyl groups excluding tert-OH is 2. The second-order valence-electron chi connectivity index (χ2n) is 13.7. The normalized spacial score (nSPS) is 35.5. The highest BCUT2D eigenvalue weighted by Gasteiger charge is 2.52. The van der Waals surface area contributed by atoms with Crippen molar-refractivity contribution in [2.45, 2.75) is 91.2 Å². The summed E-state index contributed by atoms with van der Waals surface area (Å²) in [6.45, 7) is 11.4. The van der Waals surface area contributed by atoms with Crippen molar-refractivity contribution in [3.05, 3.63) is 70.2 Å². The number of amides is 1. The molecule has 9 atom stereocenters. The second-order valence-corrected chi connectivity index (χ2v) is 13.7. The molecule has 276 valence electrons. The number of ether oxygens (including phenoxy) is 4. The van der Waals surface area contributed by atoms with Gasteiger partial charge in [-0.1, -0.05) is 39.0 Å². The highest BCUT2D eigenvalue weighted by atomic mass is 16.7. The van der Waals surface area contributed by atoms with Crippen molar-refractivity contribution in [1.82, 2.24) is 5.32 Å². The molecular weight excluding hydrogens is 666 g/mol. The molecule has 0 aromatic heterocycles. The first-order valence-corrected chi connectivity index (χ1v) is 16.4. The largest absolute Gasteiger partial charge is 0.507 e. The molecule has 1 amide bonds. The van der Waals surface area contributed by atoms with Gasteiger partial charge in [0.2, 0.25) is 5.78 Å². The number of phenolic OH excluding ortho intramolecular Hbond substituents is 1. The van der Waals surface area contributed by atoms with E-state index in [1.54, 1.807) is 13.8 Å². The number of hydrogen-bond acceptors (Lipinski definition) is 13. The van der Waals surface area contributed by atoms with Crippen LogP contribution in [0.3, 0.4) is 0 Å². The van der Waals surface area contributed by atoms with Crippen molar-refractivity contribution >= 4 is 29.2 Å². The average Bonchev–Trinajstić information content (AvgIpc) is 3.33. The van der Waals surface area contributed by atoms with Gasteiger partial charge in [-0.3, -0.25) is 24.0 Å². The number of phenols is 1. The number of benzene rings is 1. The number of hydrogen-bond donors (Lipinski definition) is 5. The first kappa shape index (κ1) is 39.2. The van der Waals surface area contributed by atoms with Gasteiger partial charge in [0.05, 0.1) is 47.0 Å². The Hall–Kier alpha value is -4.63. The number of fused-ring (bicyclic) bond motifs is 14. The zero-order valence-electron chi connectivity index (χ0n) is 30.0. The number of carbonyl (C=O) groups excluding carboxylic acids is 5. The lowest BCUT2D eigenvalue weighted by atomic mass is 9.77. The lowest BCUT2D eigenvalue weighted by molar-refractivity contribution is -0.162. The number of Topliss-reactive ketones (excluding diaryl/α,β-unsaturated/α-hetero) is 2. The molecule has 5 rings (SSSR count). The monoisotopic (exact) mass is 711 g/mol. The van der Waals surface area contributed by atoms with Crippen molar-refractivity contribution in [3.63, 3.8) is 0 Å². The number of methoxy groups -OCH3 is 1. The lowest BCUT2D eigenvalue weighted by Crippen LogP contribution is -2.50. The number of allylic oxidation sites excluding steroid dienone is 4. The van der Waals surface area contributed by atoms with E-state index in [0.29, 0.717) is 0 Å². The highest BCUT2D eigenvalue weighted by molar-refractivity contribution is 6.30. The third kappa shape index (κ3) is 7.27. The van der Waals surface area contributed by atoms with Crippen molar-refractivity contribution in [3.8, 4) is 11.5 Å². The summed E-state index contributed by atoms with van der Waals surface area (Å²) in [5.41, 5.74) is -3.51. The van der Waals surface area contributed by atoms with E-state index in [2.05, 4.69) is 5.32 Å². The molecule has 3 heterocycles. The Bertz CT molecular complexity index is 1770. The maximum absolute atomic E-state index is 13.9. The summed E-state index contributed by atoms with van der Waals surface area (Å²) in [5, 5.41) is 47.2. The lowest BCUT2D eigenvalue weighted by Gasteiger charge is -2.39. The SMILES string of the molecule is CO[C@H]1/C=C\O[C@@]2(C)Oc3c(C)c(O)c4c(c3C2=O)C(=O)C=C(NC(=O)/C(C)=C\C=C/[C@@](C)(O)[C@H](O)[C@@H](C)[C@@H](O)[C@@H](C)[C@H](OC(C)=O)[C@@H]1C)C4=O. The molecule has 4 aliphatic rings. The molecule has 5 N–H and O–H groups in total. The molecule has 3 aliphatic heterocycles. The second kappa shape index (κ2) is 14.5. The molecule has 0 unspecified atom stereocenters. The summed E-state index contributed by atoms with van der Waals surface area (Å²) in [5.74, 6) is -9.29. The Balaban J connectivity index is 1.85. The maximum atomic E-state index is 13.9. The zero-order valence-corrected chi connectivity index (χ0v) is 30.0. The Labute approximate surface area is 295 Å². The van der Waals surface area contributed by atoms with Gasteiger partial charge in [-0.05, 0) is 26.8 Å². The first-order valence-electron chi connectivity index (χ1n) is 16.4. The molecule has 51 heavy (non-hydrogen) atoms. The molecule has 1 aromatic carbocycles. The van der Waals surface area contributed by atoms with Crippen molar-refractivity contribution in [2.24, 2.45) is 17.8 Å². The molecule has 1 aromatic rings. The third-order valence-corrected chi connectivity index (χ3v) is 9.84. The molecule has 5 bridgehead atoms. The summed E-state index contributed by atoms with van der Waals surface area (Å²) in [7, 11) is 1.39. The van der Waals surface area contributed by atoms with E-state index in [4.69, 9.17) is 18.9 Å². The van der Waals surface area contributed by atoms with Gasteiger partial charge < -0.3 is 44.7 Å². The molecule has 14 nitrogen and oxygen atoms in total. The van der Waals surface area contributed by atoms with Gasteiger partial charge in [0, 0.05) is 55.9 Å². The van der Waals surface area contributed by atoms with Gasteiger partial charge in [0.1, 0.15) is 23.2 Å². The standard InChI is InChI=1S/C37H45NO13/c1-16-11-10-13-36(7,47)33(44)20(5)28(41)18(3)31(50-21(6)39)17(2)24(48-9)12-14-49-37(8)34(45)27-25-23(40)15-22(38-35(16)46)30(43)26(25)29(42)19(4)32(27)51-37/h10-15,17-18,20,24,28,31,33,41-42,44,47H,1-9H3,(H,38,46)/b13-10-,14-12-,16-11-/t17-,18-,20+,24+,28+,31-,33-,36-,37+/m1/s1. The van der Waals surface area contributed by atoms with Gasteiger partial charge in [0.25, 0.3) is 11.7 Å². The number of aliphatic hydroxyl groups is 3. The minimum Gasteiger partial charge on any atom is -0.507 e. The van der Waals surface area contributed by atoms with Gasteiger partial charge in [-0.25, -0.2) is 0 Å². The van der Waals surface area contributed by atoms with Gasteiger partial charge in [-0.15, -0.1) is 0 Å². The van der Waals surface area contributed by atoms with Crippen LogP contribution in [0.1, 0.15) is 85.1 Å². The van der Waals surface area contributed by atoms with Gasteiger partial charge in [0.15, 0.2) is 5.78 Å². The molecule has 0 saturated heterocycles. The fourth-order valence-corrected chi connectivity index (χ4v) is 6.65. The number of aromatic hydroxyl groups is 1. The van der Waals surface area contributed by atoms with E-state index in [0.717, 1.165) is 12.3 Å². The minimum absolute atomic E-state index is 0.0162. The summed E-state index contributed by atoms with van der Waals surface area (Å²) >= 11 is 0. The Morgan fingerprint density at radius 1 is 0.980 bits per heavy atom. The maximum Gasteiger partial charge on any atom is 0.312 e. The molecular formula is C37H45NO13. The van der Waals surface area contributed by atoms with Crippen LogP contribution in [0.15, 0.2) is 47.9 Å². The average molecular weight is 712 g/mol. The number of rotatable bonds is 2. The minimum atomic E-state index is -2.06. The van der Waals surface area contributed by atoms with Crippen LogP contribution in [-0.4, -0.2) is 92.6 Å². The number of esters is 1. The van der Waals surface area contributed by atoms with Gasteiger partial charge in [-0.2, -0.15) is 0 Å². The van der Waals surface area contributed by atoms with Crippen LogP contribution in [0.2, 0.25) is 0 Å². The van der Waals surface area contributed by atoms with Crippen LogP contribution in [0.5, 0.6) is 11.5 Å². The molecule has 0 radical (unpaired) electrons. The summed E-state index contributed by atoms with van der Waals surface area (Å²) in [6, 6.07) is 0. The quantitative estimate of drug-likeness (QED) is 0.280. The Morgan fingerprint density at radius 3 is 2.24 bits per heavy atom. The molecule has 0 saturated carbocycles. The van der Waals surface area contributed by atoms with Crippen molar-refractivity contribution in [2.75, 3.05) is 7.11 Å². The van der Waals surface area contributed by atoms with Crippen LogP contribution in [0.25, 0.3) is 0 Å². The smallest absolute Gasteiger partial charge is 0.312 e. The Kier molecular flexibility index (Phi) is 11.2. The van der Waals surface area contributed by atoms with Crippen LogP contribution in [-0.2, 0) is 23.8 Å². The van der Waals surface area contributed by atoms with Crippen molar-refractivity contribution < 1.29 is 63.3 Å². The Morgan fingerprint density at radius 2 is 1.63 bits per heavy atom. The van der Waals surface area contributed by atoms with E-state index in [9.17, 15) is 44.4 Å². The fourth-order valence-electron chi connectivity index (χ4n) is 6.65. The molecule has 0 fully saturated rings. The fraction of sp³-hybridized carbons (Fsp3) is 0.486. The van der Waals surface area contributed by atoms with Crippen LogP contribution < -0.4 is 10.1 Å². The van der Waals surface area contributed by atoms with Gasteiger partial charge >= 0.3 is 11.8 Å². The summed E-state index contributed by atoms with van der Waals surface area (Å²) in [4.78, 5) is 66.3. The van der Waals surface area contributed by atoms with Crippen LogP contribution in [0, 0.1) is 24.7 Å². The van der Waals surface area contributed by atoms with Crippen LogP contribution in [0.4, 0.5) is 0 Å². The molecule has 14 heteroatoms. The predicted molar refractivity (Wildman–Crippen MR) is 181 cm³/mol. The number of carbonyl (C=O) groups is 5.